The van der Waals surface area contributed by atoms with Gasteiger partial charge in [0.15, 0.2) is 0 Å². The van der Waals surface area contributed by atoms with Crippen LogP contribution < -0.4 is 4.74 Å². The topological polar surface area (TPSA) is 71.6 Å². The maximum absolute atomic E-state index is 11.2. The van der Waals surface area contributed by atoms with Gasteiger partial charge in [0.1, 0.15) is 5.75 Å². The molecule has 2 N–H and O–H groups in total. The van der Waals surface area contributed by atoms with Crippen molar-refractivity contribution in [2.45, 2.75) is 6.42 Å². The van der Waals surface area contributed by atoms with Gasteiger partial charge >= 0.3 is 5.97 Å². The molecule has 1 saturated heterocycles. The highest BCUT2D eigenvalue weighted by Crippen LogP contribution is 2.25. The summed E-state index contributed by atoms with van der Waals surface area (Å²) in [5.41, 5.74) is 0.865. The summed E-state index contributed by atoms with van der Waals surface area (Å²) in [6.07, 6.45) is 2.73. The second-order valence-corrected chi connectivity index (χ2v) is 4.76. The minimum absolute atomic E-state index is 0.236. The van der Waals surface area contributed by atoms with E-state index in [4.69, 9.17) is 9.47 Å². The van der Waals surface area contributed by atoms with E-state index in [9.17, 15) is 9.90 Å². The highest BCUT2D eigenvalue weighted by molar-refractivity contribution is 6.02. The number of fused-ring (bicyclic) bond motifs is 1. The number of carboxylic acids is 1. The number of aromatic amines is 1. The van der Waals surface area contributed by atoms with E-state index in [0.717, 1.165) is 25.0 Å². The third kappa shape index (κ3) is 2.42. The summed E-state index contributed by atoms with van der Waals surface area (Å²) < 4.78 is 11.0. The maximum Gasteiger partial charge on any atom is 0.337 e. The van der Waals surface area contributed by atoms with Crippen LogP contribution in [0.5, 0.6) is 5.75 Å². The zero-order valence-electron chi connectivity index (χ0n) is 10.4. The van der Waals surface area contributed by atoms with Crippen molar-refractivity contribution in [3.63, 3.8) is 0 Å². The van der Waals surface area contributed by atoms with Gasteiger partial charge in [-0.05, 0) is 24.6 Å². The van der Waals surface area contributed by atoms with Crippen LogP contribution in [0.25, 0.3) is 10.9 Å². The van der Waals surface area contributed by atoms with Crippen LogP contribution in [0.3, 0.4) is 0 Å². The largest absolute Gasteiger partial charge is 0.493 e. The van der Waals surface area contributed by atoms with Gasteiger partial charge in [-0.25, -0.2) is 4.79 Å². The van der Waals surface area contributed by atoms with E-state index in [2.05, 4.69) is 4.98 Å². The lowest BCUT2D eigenvalue weighted by Crippen LogP contribution is -2.12. The van der Waals surface area contributed by atoms with Crippen molar-refractivity contribution >= 4 is 16.9 Å². The first-order valence-corrected chi connectivity index (χ1v) is 6.29. The van der Waals surface area contributed by atoms with Crippen molar-refractivity contribution < 1.29 is 19.4 Å². The molecule has 0 spiro atoms. The van der Waals surface area contributed by atoms with E-state index >= 15 is 0 Å². The molecule has 0 radical (unpaired) electrons. The fraction of sp³-hybridized carbons (Fsp3) is 0.357. The molecule has 1 aliphatic rings. The van der Waals surface area contributed by atoms with Crippen molar-refractivity contribution in [1.29, 1.82) is 0 Å². The molecule has 1 atom stereocenters. The number of hydrogen-bond donors (Lipinski definition) is 2. The van der Waals surface area contributed by atoms with Gasteiger partial charge < -0.3 is 19.6 Å². The van der Waals surface area contributed by atoms with Crippen LogP contribution in [0.4, 0.5) is 0 Å². The number of aromatic carboxylic acids is 1. The molecule has 2 heterocycles. The Hall–Kier alpha value is -2.01. The Morgan fingerprint density at radius 3 is 3.16 bits per heavy atom. The molecule has 0 saturated carbocycles. The summed E-state index contributed by atoms with van der Waals surface area (Å²) in [6.45, 7) is 2.07. The van der Waals surface area contributed by atoms with Crippen LogP contribution in [0.15, 0.2) is 24.4 Å². The first-order chi connectivity index (χ1) is 9.24. The van der Waals surface area contributed by atoms with Crippen molar-refractivity contribution in [2.75, 3.05) is 19.8 Å². The SMILES string of the molecule is O=C(O)c1cc(OC[C@H]2CCOC2)cc2cc[nH]c12. The Morgan fingerprint density at radius 1 is 1.53 bits per heavy atom. The number of hydrogen-bond acceptors (Lipinski definition) is 3. The zero-order chi connectivity index (χ0) is 13.2. The van der Waals surface area contributed by atoms with Gasteiger partial charge in [-0.1, -0.05) is 0 Å². The van der Waals surface area contributed by atoms with Crippen LogP contribution in [-0.4, -0.2) is 35.9 Å². The molecule has 100 valence electrons. The van der Waals surface area contributed by atoms with Crippen LogP contribution in [0, 0.1) is 5.92 Å². The molecule has 0 unspecified atom stereocenters. The highest BCUT2D eigenvalue weighted by atomic mass is 16.5. The van der Waals surface area contributed by atoms with Gasteiger partial charge in [0, 0.05) is 24.1 Å². The lowest BCUT2D eigenvalue weighted by Gasteiger charge is -2.11. The number of carboxylic acid groups (broad SMARTS) is 1. The molecular weight excluding hydrogens is 246 g/mol. The quantitative estimate of drug-likeness (QED) is 0.885. The molecule has 1 aromatic carbocycles. The summed E-state index contributed by atoms with van der Waals surface area (Å²) in [4.78, 5) is 14.2. The molecule has 1 fully saturated rings. The highest BCUT2D eigenvalue weighted by Gasteiger charge is 2.17. The van der Waals surface area contributed by atoms with E-state index in [1.54, 1.807) is 12.3 Å². The number of rotatable bonds is 4. The van der Waals surface area contributed by atoms with Gasteiger partial charge in [0.25, 0.3) is 0 Å². The van der Waals surface area contributed by atoms with Gasteiger partial charge in [-0.15, -0.1) is 0 Å². The number of carbonyl (C=O) groups is 1. The Labute approximate surface area is 110 Å². The molecular formula is C14H15NO4. The standard InChI is InChI=1S/C14H15NO4/c16-14(17)12-6-11(5-10-1-3-15-13(10)12)19-8-9-2-4-18-7-9/h1,3,5-6,9,15H,2,4,7-8H2,(H,16,17)/t9-/m0/s1. The molecule has 5 nitrogen and oxygen atoms in total. The number of H-pyrrole nitrogens is 1. The molecule has 3 rings (SSSR count). The lowest BCUT2D eigenvalue weighted by molar-refractivity contribution is 0.0698. The first kappa shape index (κ1) is 12.0. The number of nitrogens with one attached hydrogen (secondary N) is 1. The maximum atomic E-state index is 11.2. The van der Waals surface area contributed by atoms with Gasteiger partial charge in [0.05, 0.1) is 24.3 Å². The van der Waals surface area contributed by atoms with E-state index in [1.165, 1.54) is 0 Å². The lowest BCUT2D eigenvalue weighted by atomic mass is 10.1. The molecule has 0 amide bonds. The second kappa shape index (κ2) is 4.93. The predicted molar refractivity (Wildman–Crippen MR) is 69.7 cm³/mol. The Morgan fingerprint density at radius 2 is 2.42 bits per heavy atom. The Balaban J connectivity index is 1.84. The fourth-order valence-electron chi connectivity index (χ4n) is 2.33. The summed E-state index contributed by atoms with van der Waals surface area (Å²) >= 11 is 0. The average Bonchev–Trinajstić information content (AvgIpc) is 3.06. The van der Waals surface area contributed by atoms with E-state index in [0.29, 0.717) is 23.8 Å². The summed E-state index contributed by atoms with van der Waals surface area (Å²) in [5, 5.41) is 10.1. The van der Waals surface area contributed by atoms with Gasteiger partial charge in [-0.3, -0.25) is 0 Å². The van der Waals surface area contributed by atoms with Crippen LogP contribution in [-0.2, 0) is 4.74 Å². The van der Waals surface area contributed by atoms with Gasteiger partial charge in [0.2, 0.25) is 0 Å². The van der Waals surface area contributed by atoms with Crippen molar-refractivity contribution in [3.05, 3.63) is 30.0 Å². The number of aromatic nitrogens is 1. The van der Waals surface area contributed by atoms with Crippen molar-refractivity contribution in [2.24, 2.45) is 5.92 Å². The Bertz CT molecular complexity index is 599. The summed E-state index contributed by atoms with van der Waals surface area (Å²) in [5.74, 6) is 0.0358. The van der Waals surface area contributed by atoms with Gasteiger partial charge in [-0.2, -0.15) is 0 Å². The van der Waals surface area contributed by atoms with Crippen LogP contribution in [0.2, 0.25) is 0 Å². The molecule has 0 aliphatic carbocycles. The van der Waals surface area contributed by atoms with E-state index < -0.39 is 5.97 Å². The second-order valence-electron chi connectivity index (χ2n) is 4.76. The minimum Gasteiger partial charge on any atom is -0.493 e. The zero-order valence-corrected chi connectivity index (χ0v) is 10.4. The Kier molecular flexibility index (Phi) is 3.13. The normalized spacial score (nSPS) is 18.8. The van der Waals surface area contributed by atoms with E-state index in [-0.39, 0.29) is 5.56 Å². The van der Waals surface area contributed by atoms with Crippen molar-refractivity contribution in [3.8, 4) is 5.75 Å². The molecule has 5 heteroatoms. The third-order valence-corrected chi connectivity index (χ3v) is 3.37. The third-order valence-electron chi connectivity index (χ3n) is 3.37. The van der Waals surface area contributed by atoms with Crippen LogP contribution in [0.1, 0.15) is 16.8 Å². The smallest absolute Gasteiger partial charge is 0.337 e. The fourth-order valence-corrected chi connectivity index (χ4v) is 2.33. The minimum atomic E-state index is -0.956. The average molecular weight is 261 g/mol. The van der Waals surface area contributed by atoms with Crippen LogP contribution >= 0.6 is 0 Å². The molecule has 1 aliphatic heterocycles. The predicted octanol–water partition coefficient (Wildman–Crippen LogP) is 2.28. The molecule has 19 heavy (non-hydrogen) atoms. The van der Waals surface area contributed by atoms with Crippen molar-refractivity contribution in [1.82, 2.24) is 4.98 Å². The summed E-state index contributed by atoms with van der Waals surface area (Å²) in [6, 6.07) is 5.26. The molecule has 1 aromatic heterocycles. The summed E-state index contributed by atoms with van der Waals surface area (Å²) in [7, 11) is 0. The molecule has 0 bridgehead atoms. The monoisotopic (exact) mass is 261 g/mol. The first-order valence-electron chi connectivity index (χ1n) is 6.29. The van der Waals surface area contributed by atoms with E-state index in [1.807, 2.05) is 12.1 Å². The number of ether oxygens (including phenoxy) is 2. The molecule has 2 aromatic rings. The number of benzene rings is 1.